The largest absolute Gasteiger partial charge is 0.462 e. The summed E-state index contributed by atoms with van der Waals surface area (Å²) in [6.07, 6.45) is -3.56. The molecule has 1 aromatic heterocycles. The summed E-state index contributed by atoms with van der Waals surface area (Å²) in [7, 11) is -4.38. The Morgan fingerprint density at radius 2 is 1.90 bits per heavy atom. The van der Waals surface area contributed by atoms with Crippen LogP contribution >= 0.6 is 30.3 Å². The zero-order chi connectivity index (χ0) is 30.1. The van der Waals surface area contributed by atoms with Crippen LogP contribution in [0.25, 0.3) is 10.8 Å². The standard InChI is InChI=1S/C26H31IN3O10P/c1-14(2)38-23(33)15(3)29-41(36,40-19-11-7-9-16-8-5-6-10-17(16)19)37-13-20-21(31)26(4,35)24(39-20)30-12-18(27)22(32)28-25(30)34/h5-12,14-15,20-21,24,31,35H,13H2,1-4H3,(H,29,36)(H,28,32,34)/t15-,20-,21-,24-,26-,41+/m1/s1. The SMILES string of the molecule is CC(C)OC(=O)[C@@H](C)N[P@](=O)(OC[C@H]1O[C@@H](n2cc(I)c(=O)[nH]c2=O)[C@](C)(O)[C@@H]1O)Oc1cccc2ccccc12. The molecule has 4 N–H and O–H groups in total. The highest BCUT2D eigenvalue weighted by molar-refractivity contribution is 14.1. The van der Waals surface area contributed by atoms with Crippen molar-refractivity contribution in [3.05, 3.63) is 73.1 Å². The number of benzene rings is 2. The second-order valence-corrected chi connectivity index (χ2v) is 12.9. The molecule has 2 aromatic carbocycles. The smallest absolute Gasteiger partial charge is 0.459 e. The predicted octanol–water partition coefficient (Wildman–Crippen LogP) is 2.44. The van der Waals surface area contributed by atoms with Crippen LogP contribution in [0.15, 0.2) is 58.3 Å². The molecular weight excluding hydrogens is 672 g/mol. The highest BCUT2D eigenvalue weighted by Crippen LogP contribution is 2.48. The van der Waals surface area contributed by atoms with E-state index >= 15 is 0 Å². The number of ether oxygens (including phenoxy) is 2. The molecule has 2 heterocycles. The number of hydrogen-bond donors (Lipinski definition) is 4. The van der Waals surface area contributed by atoms with E-state index in [1.54, 1.807) is 60.7 Å². The van der Waals surface area contributed by atoms with Crippen LogP contribution in [0.5, 0.6) is 5.75 Å². The lowest BCUT2D eigenvalue weighted by Gasteiger charge is -2.27. The normalized spacial score (nSPS) is 24.7. The topological polar surface area (TPSA) is 178 Å². The van der Waals surface area contributed by atoms with Crippen LogP contribution < -0.4 is 20.9 Å². The summed E-state index contributed by atoms with van der Waals surface area (Å²) in [6.45, 7) is 5.44. The van der Waals surface area contributed by atoms with Gasteiger partial charge in [0.25, 0.3) is 5.56 Å². The molecule has 0 unspecified atom stereocenters. The van der Waals surface area contributed by atoms with Crippen molar-refractivity contribution in [1.82, 2.24) is 14.6 Å². The molecule has 6 atom stereocenters. The summed E-state index contributed by atoms with van der Waals surface area (Å²) >= 11 is 1.71. The van der Waals surface area contributed by atoms with Gasteiger partial charge in [0.2, 0.25) is 0 Å². The van der Waals surface area contributed by atoms with Crippen molar-refractivity contribution in [2.75, 3.05) is 6.61 Å². The number of aromatic nitrogens is 2. The molecule has 1 aliphatic rings. The summed E-state index contributed by atoms with van der Waals surface area (Å²) in [5.74, 6) is -0.493. The molecule has 0 amide bonds. The fourth-order valence-corrected chi connectivity index (χ4v) is 6.26. The Balaban J connectivity index is 1.61. The van der Waals surface area contributed by atoms with E-state index in [1.807, 2.05) is 18.2 Å². The number of halogens is 1. The summed E-state index contributed by atoms with van der Waals surface area (Å²) in [6, 6.07) is 11.2. The van der Waals surface area contributed by atoms with Gasteiger partial charge in [0.15, 0.2) is 6.23 Å². The number of rotatable bonds is 10. The van der Waals surface area contributed by atoms with Gasteiger partial charge < -0.3 is 24.2 Å². The Morgan fingerprint density at radius 1 is 1.22 bits per heavy atom. The maximum absolute atomic E-state index is 14.1. The molecule has 1 aliphatic heterocycles. The van der Waals surface area contributed by atoms with Crippen molar-refractivity contribution in [3.8, 4) is 5.75 Å². The lowest BCUT2D eigenvalue weighted by Crippen LogP contribution is -2.47. The Kier molecular flexibility index (Phi) is 9.43. The fraction of sp³-hybridized carbons (Fsp3) is 0.423. The number of carbonyl (C=O) groups excluding carboxylic acids is 1. The van der Waals surface area contributed by atoms with Gasteiger partial charge in [-0.25, -0.2) is 9.36 Å². The van der Waals surface area contributed by atoms with Crippen LogP contribution in [-0.2, 0) is 23.4 Å². The van der Waals surface area contributed by atoms with Crippen molar-refractivity contribution < 1.29 is 38.1 Å². The number of nitrogens with one attached hydrogen (secondary N) is 2. The molecule has 0 bridgehead atoms. The van der Waals surface area contributed by atoms with Gasteiger partial charge in [0, 0.05) is 11.6 Å². The number of hydrogen-bond acceptors (Lipinski definition) is 10. The van der Waals surface area contributed by atoms with Gasteiger partial charge in [0.1, 0.15) is 29.6 Å². The lowest BCUT2D eigenvalue weighted by atomic mass is 9.96. The van der Waals surface area contributed by atoms with Crippen LogP contribution in [0.2, 0.25) is 0 Å². The van der Waals surface area contributed by atoms with Crippen LogP contribution in [-0.4, -0.2) is 62.3 Å². The zero-order valence-electron chi connectivity index (χ0n) is 22.6. The van der Waals surface area contributed by atoms with Crippen LogP contribution in [0.1, 0.15) is 33.9 Å². The average Bonchev–Trinajstić information content (AvgIpc) is 3.13. The van der Waals surface area contributed by atoms with Crippen LogP contribution in [0.4, 0.5) is 0 Å². The second kappa shape index (κ2) is 12.3. The predicted molar refractivity (Wildman–Crippen MR) is 157 cm³/mol. The highest BCUT2D eigenvalue weighted by Gasteiger charge is 2.54. The Labute approximate surface area is 248 Å². The molecule has 1 saturated heterocycles. The minimum atomic E-state index is -4.38. The first kappa shape index (κ1) is 31.3. The molecule has 0 saturated carbocycles. The van der Waals surface area contributed by atoms with E-state index in [4.69, 9.17) is 18.5 Å². The summed E-state index contributed by atoms with van der Waals surface area (Å²) in [4.78, 5) is 38.9. The van der Waals surface area contributed by atoms with E-state index in [1.165, 1.54) is 20.0 Å². The number of fused-ring (bicyclic) bond motifs is 1. The molecule has 4 rings (SSSR count). The van der Waals surface area contributed by atoms with Crippen LogP contribution in [0.3, 0.4) is 0 Å². The molecule has 13 nitrogen and oxygen atoms in total. The van der Waals surface area contributed by atoms with E-state index in [9.17, 15) is 29.2 Å². The number of aliphatic hydroxyl groups excluding tert-OH is 1. The number of aliphatic hydroxyl groups is 2. The van der Waals surface area contributed by atoms with Crippen molar-refractivity contribution in [3.63, 3.8) is 0 Å². The van der Waals surface area contributed by atoms with Crippen molar-refractivity contribution in [2.24, 2.45) is 0 Å². The van der Waals surface area contributed by atoms with Crippen molar-refractivity contribution in [2.45, 2.75) is 63.9 Å². The number of aromatic amines is 1. The van der Waals surface area contributed by atoms with Gasteiger partial charge in [0.05, 0.1) is 16.3 Å². The molecule has 222 valence electrons. The van der Waals surface area contributed by atoms with E-state index in [0.29, 0.717) is 5.39 Å². The summed E-state index contributed by atoms with van der Waals surface area (Å²) in [5, 5.41) is 26.0. The first-order valence-electron chi connectivity index (χ1n) is 12.7. The minimum absolute atomic E-state index is 0.148. The molecular formula is C26H31IN3O10P. The second-order valence-electron chi connectivity index (χ2n) is 10.0. The van der Waals surface area contributed by atoms with E-state index < -0.39 is 67.8 Å². The third kappa shape index (κ3) is 6.91. The van der Waals surface area contributed by atoms with Crippen LogP contribution in [0, 0.1) is 3.57 Å². The molecule has 0 aliphatic carbocycles. The van der Waals surface area contributed by atoms with Gasteiger partial charge in [-0.1, -0.05) is 36.4 Å². The molecule has 0 radical (unpaired) electrons. The average molecular weight is 703 g/mol. The number of esters is 1. The lowest BCUT2D eigenvalue weighted by molar-refractivity contribution is -0.149. The maximum atomic E-state index is 14.1. The van der Waals surface area contributed by atoms with Gasteiger partial charge >= 0.3 is 19.4 Å². The van der Waals surface area contributed by atoms with Gasteiger partial charge in [-0.3, -0.25) is 23.7 Å². The Bertz CT molecular complexity index is 1580. The van der Waals surface area contributed by atoms with E-state index in [-0.39, 0.29) is 9.32 Å². The zero-order valence-corrected chi connectivity index (χ0v) is 25.7. The maximum Gasteiger partial charge on any atom is 0.459 e. The third-order valence-corrected chi connectivity index (χ3v) is 8.76. The first-order valence-corrected chi connectivity index (χ1v) is 15.3. The molecule has 41 heavy (non-hydrogen) atoms. The molecule has 0 spiro atoms. The van der Waals surface area contributed by atoms with Gasteiger partial charge in [-0.05, 0) is 61.7 Å². The number of nitrogens with zero attached hydrogens (tertiary/aromatic N) is 1. The highest BCUT2D eigenvalue weighted by atomic mass is 127. The molecule has 3 aromatic rings. The van der Waals surface area contributed by atoms with Gasteiger partial charge in [-0.15, -0.1) is 0 Å². The van der Waals surface area contributed by atoms with E-state index in [0.717, 1.165) is 9.95 Å². The summed E-state index contributed by atoms with van der Waals surface area (Å²) < 4.78 is 37.7. The fourth-order valence-electron chi connectivity index (χ4n) is 4.30. The molecule has 15 heteroatoms. The van der Waals surface area contributed by atoms with Gasteiger partial charge in [-0.2, -0.15) is 5.09 Å². The quantitative estimate of drug-likeness (QED) is 0.139. The first-order chi connectivity index (χ1) is 19.2. The Morgan fingerprint density at radius 3 is 2.61 bits per heavy atom. The number of carbonyl (C=O) groups is 1. The van der Waals surface area contributed by atoms with Crippen molar-refractivity contribution in [1.29, 1.82) is 0 Å². The number of H-pyrrole nitrogens is 1. The monoisotopic (exact) mass is 703 g/mol. The molecule has 1 fully saturated rings. The van der Waals surface area contributed by atoms with Crippen molar-refractivity contribution >= 4 is 47.1 Å². The summed E-state index contributed by atoms with van der Waals surface area (Å²) in [5.41, 5.74) is -3.49. The third-order valence-electron chi connectivity index (χ3n) is 6.37. The van der Waals surface area contributed by atoms with E-state index in [2.05, 4.69) is 10.1 Å². The Hall–Kier alpha value is -2.59. The minimum Gasteiger partial charge on any atom is -0.462 e.